The number of halogens is 9. The summed E-state index contributed by atoms with van der Waals surface area (Å²) in [6.07, 6.45) is 0. The van der Waals surface area contributed by atoms with Crippen molar-refractivity contribution in [2.75, 3.05) is 0 Å². The van der Waals surface area contributed by atoms with Crippen molar-refractivity contribution in [2.24, 2.45) is 0 Å². The maximum absolute atomic E-state index is 9.75. The van der Waals surface area contributed by atoms with Crippen LogP contribution in [0, 0.1) is 5.92 Å². The minimum atomic E-state index is -6.00. The van der Waals surface area contributed by atoms with Gasteiger partial charge >= 0.3 is 14.5 Å². The number of hydrogen-bond donors (Lipinski definition) is 0. The summed E-state index contributed by atoms with van der Waals surface area (Å²) in [7, 11) is -12.0. The van der Waals surface area contributed by atoms with Gasteiger partial charge in [-0.05, 0) is 51.0 Å². The summed E-state index contributed by atoms with van der Waals surface area (Å²) < 4.78 is 78.0. The zero-order valence-corrected chi connectivity index (χ0v) is 18.9. The molecule has 12 heteroatoms. The van der Waals surface area contributed by atoms with Gasteiger partial charge in [-0.1, -0.05) is 47.9 Å². The summed E-state index contributed by atoms with van der Waals surface area (Å²) in [6, 6.07) is 9.44. The molecule has 1 aromatic carbocycles. The SMILES string of the molecule is C[C]1C(C)=C(C)C(C)=C1C.Clc1ccccc1.F[B-](F)(F)F.F[B-](F)(F)F.[Ir]. The third-order valence-corrected chi connectivity index (χ3v) is 3.80. The van der Waals surface area contributed by atoms with Crippen molar-refractivity contribution in [1.29, 1.82) is 0 Å². The molecule has 0 saturated heterocycles. The largest absolute Gasteiger partial charge is 0.673 e. The van der Waals surface area contributed by atoms with Crippen LogP contribution < -0.4 is 0 Å². The second kappa shape index (κ2) is 14.2. The minimum absolute atomic E-state index is 0. The van der Waals surface area contributed by atoms with E-state index in [0.717, 1.165) is 5.02 Å². The molecule has 0 aromatic heterocycles. The van der Waals surface area contributed by atoms with Gasteiger partial charge in [-0.3, -0.25) is 0 Å². The topological polar surface area (TPSA) is 0 Å². The Morgan fingerprint density at radius 3 is 0.929 bits per heavy atom. The molecule has 0 fully saturated rings. The van der Waals surface area contributed by atoms with Gasteiger partial charge in [0.25, 0.3) is 0 Å². The van der Waals surface area contributed by atoms with Gasteiger partial charge in [-0.2, -0.15) is 0 Å². The van der Waals surface area contributed by atoms with E-state index >= 15 is 0 Å². The molecule has 0 amide bonds. The Balaban J connectivity index is -0.000000309. The Morgan fingerprint density at radius 2 is 0.821 bits per heavy atom. The van der Waals surface area contributed by atoms with Crippen LogP contribution in [0.2, 0.25) is 5.02 Å². The molecule has 0 aliphatic heterocycles. The van der Waals surface area contributed by atoms with Gasteiger partial charge < -0.3 is 34.5 Å². The molecule has 0 bridgehead atoms. The van der Waals surface area contributed by atoms with Crippen LogP contribution in [-0.4, -0.2) is 14.5 Å². The van der Waals surface area contributed by atoms with E-state index in [9.17, 15) is 34.5 Å². The average Bonchev–Trinajstić information content (AvgIpc) is 2.64. The molecule has 0 saturated carbocycles. The summed E-state index contributed by atoms with van der Waals surface area (Å²) in [5.41, 5.74) is 5.87. The summed E-state index contributed by atoms with van der Waals surface area (Å²) in [5.74, 6) is 1.47. The number of rotatable bonds is 0. The Morgan fingerprint density at radius 1 is 0.571 bits per heavy atom. The number of hydrogen-bond acceptors (Lipinski definition) is 0. The van der Waals surface area contributed by atoms with Crippen molar-refractivity contribution in [2.45, 2.75) is 34.6 Å². The van der Waals surface area contributed by atoms with Gasteiger partial charge in [0.05, 0.1) is 0 Å². The van der Waals surface area contributed by atoms with E-state index in [2.05, 4.69) is 34.6 Å². The van der Waals surface area contributed by atoms with Crippen molar-refractivity contribution in [3.8, 4) is 0 Å². The van der Waals surface area contributed by atoms with Crippen molar-refractivity contribution in [1.82, 2.24) is 0 Å². The average molecular weight is 614 g/mol. The zero-order chi connectivity index (χ0) is 22.0. The summed E-state index contributed by atoms with van der Waals surface area (Å²) in [5, 5.41) is 0.794. The first-order valence-corrected chi connectivity index (χ1v) is 7.97. The molecule has 0 unspecified atom stereocenters. The van der Waals surface area contributed by atoms with Crippen LogP contribution in [0.25, 0.3) is 0 Å². The summed E-state index contributed by atoms with van der Waals surface area (Å²) in [6.45, 7) is 11.0. The fraction of sp³-hybridized carbons (Fsp3) is 0.312. The standard InChI is InChI=1S/C10H15.C6H5Cl.2BF4.Ir/c1-6-7(2)9(4)10(5)8(6)3;7-6-4-2-1-3-5-6;2*2-1(3,4)5;/h1-5H3;1-5H;;;/q;;2*-1;. The van der Waals surface area contributed by atoms with E-state index in [4.69, 9.17) is 11.6 Å². The third-order valence-electron chi connectivity index (χ3n) is 3.55. The summed E-state index contributed by atoms with van der Waals surface area (Å²) >= 11 is 5.54. The first-order valence-electron chi connectivity index (χ1n) is 7.60. The molecular formula is C16H20B2ClF8Ir-2. The second-order valence-electron chi connectivity index (χ2n) is 5.41. The summed E-state index contributed by atoms with van der Waals surface area (Å²) in [4.78, 5) is 0. The fourth-order valence-corrected chi connectivity index (χ4v) is 1.97. The van der Waals surface area contributed by atoms with E-state index in [1.54, 1.807) is 0 Å². The molecule has 2 radical (unpaired) electrons. The van der Waals surface area contributed by atoms with Crippen LogP contribution in [0.3, 0.4) is 0 Å². The quantitative estimate of drug-likeness (QED) is 0.205. The maximum atomic E-state index is 9.75. The van der Waals surface area contributed by atoms with E-state index in [-0.39, 0.29) is 20.1 Å². The first-order chi connectivity index (χ1) is 11.9. The molecule has 28 heavy (non-hydrogen) atoms. The first kappa shape index (κ1) is 31.9. The van der Waals surface area contributed by atoms with Crippen LogP contribution in [0.4, 0.5) is 34.5 Å². The van der Waals surface area contributed by atoms with Crippen molar-refractivity contribution in [3.05, 3.63) is 63.6 Å². The predicted molar refractivity (Wildman–Crippen MR) is 97.5 cm³/mol. The molecule has 0 spiro atoms. The van der Waals surface area contributed by atoms with E-state index in [1.807, 2.05) is 30.3 Å². The van der Waals surface area contributed by atoms with E-state index in [1.165, 1.54) is 28.2 Å². The molecule has 0 atom stereocenters. The molecule has 1 aromatic rings. The third kappa shape index (κ3) is 20.0. The van der Waals surface area contributed by atoms with Crippen molar-refractivity contribution < 1.29 is 54.6 Å². The van der Waals surface area contributed by atoms with Gasteiger partial charge in [-0.15, -0.1) is 0 Å². The number of benzene rings is 1. The van der Waals surface area contributed by atoms with Crippen LogP contribution in [0.15, 0.2) is 52.6 Å². The van der Waals surface area contributed by atoms with Crippen LogP contribution in [-0.2, 0) is 20.1 Å². The zero-order valence-electron chi connectivity index (χ0n) is 15.8. The monoisotopic (exact) mass is 614 g/mol. The van der Waals surface area contributed by atoms with E-state index < -0.39 is 14.5 Å². The number of allylic oxidation sites excluding steroid dienone is 4. The Hall–Kier alpha value is -0.791. The molecule has 0 heterocycles. The van der Waals surface area contributed by atoms with Gasteiger partial charge in [0.2, 0.25) is 0 Å². The van der Waals surface area contributed by atoms with Gasteiger partial charge in [-0.25, -0.2) is 0 Å². The normalized spacial score (nSPS) is 14.1. The molecular weight excluding hydrogens is 593 g/mol. The van der Waals surface area contributed by atoms with Crippen LogP contribution >= 0.6 is 11.6 Å². The van der Waals surface area contributed by atoms with E-state index in [0.29, 0.717) is 0 Å². The smallest absolute Gasteiger partial charge is 0.418 e. The van der Waals surface area contributed by atoms with Gasteiger partial charge in [0, 0.05) is 31.0 Å². The van der Waals surface area contributed by atoms with Crippen molar-refractivity contribution in [3.63, 3.8) is 0 Å². The van der Waals surface area contributed by atoms with Gasteiger partial charge in [0.15, 0.2) is 0 Å². The molecule has 0 nitrogen and oxygen atoms in total. The van der Waals surface area contributed by atoms with Gasteiger partial charge in [0.1, 0.15) is 0 Å². The maximum Gasteiger partial charge on any atom is 0.673 e. The molecule has 164 valence electrons. The second-order valence-corrected chi connectivity index (χ2v) is 5.85. The van der Waals surface area contributed by atoms with Crippen LogP contribution in [0.5, 0.6) is 0 Å². The Bertz CT molecular complexity index is 580. The fourth-order valence-electron chi connectivity index (χ4n) is 1.82. The molecule has 1 aliphatic carbocycles. The minimum Gasteiger partial charge on any atom is -0.418 e. The predicted octanol–water partition coefficient (Wildman–Crippen LogP) is 8.20. The molecule has 1 aliphatic rings. The van der Waals surface area contributed by atoms with Crippen LogP contribution in [0.1, 0.15) is 34.6 Å². The Labute approximate surface area is 179 Å². The Kier molecular flexibility index (Phi) is 16.2. The molecule has 0 N–H and O–H groups in total. The van der Waals surface area contributed by atoms with Crippen molar-refractivity contribution >= 4 is 26.1 Å². The molecule has 2 rings (SSSR count).